The molecular formula is C31H40BrN3O4. The van der Waals surface area contributed by atoms with E-state index in [1.807, 2.05) is 6.07 Å². The van der Waals surface area contributed by atoms with Gasteiger partial charge in [-0.2, -0.15) is 0 Å². The van der Waals surface area contributed by atoms with Crippen LogP contribution in [0, 0.1) is 0 Å². The van der Waals surface area contributed by atoms with E-state index in [1.165, 1.54) is 35.1 Å². The number of benzene rings is 2. The first-order chi connectivity index (χ1) is 19.1. The van der Waals surface area contributed by atoms with Gasteiger partial charge in [0, 0.05) is 18.2 Å². The van der Waals surface area contributed by atoms with Crippen molar-refractivity contribution in [3.05, 3.63) is 63.4 Å². The lowest BCUT2D eigenvalue weighted by atomic mass is 9.94. The van der Waals surface area contributed by atoms with Gasteiger partial charge in [0.05, 0.1) is 39.7 Å². The SMILES string of the molecule is CCc1cccc(CC)c1-c1nc(Br)c(CN2CCCCC2c2ccc(OC)c(OC)c2)n1CC1OCCO1. The van der Waals surface area contributed by atoms with E-state index < -0.39 is 0 Å². The van der Waals surface area contributed by atoms with Crippen LogP contribution in [-0.2, 0) is 35.4 Å². The Labute approximate surface area is 240 Å². The van der Waals surface area contributed by atoms with Crippen molar-refractivity contribution in [1.29, 1.82) is 0 Å². The monoisotopic (exact) mass is 597 g/mol. The van der Waals surface area contributed by atoms with Crippen molar-refractivity contribution in [2.45, 2.75) is 71.4 Å². The smallest absolute Gasteiger partial charge is 0.175 e. The van der Waals surface area contributed by atoms with Crippen molar-refractivity contribution in [3.8, 4) is 22.9 Å². The third-order valence-corrected chi connectivity index (χ3v) is 8.66. The molecule has 0 N–H and O–H groups in total. The molecule has 2 aliphatic heterocycles. The summed E-state index contributed by atoms with van der Waals surface area (Å²) in [6, 6.07) is 13.2. The molecule has 0 amide bonds. The molecule has 2 fully saturated rings. The average molecular weight is 599 g/mol. The van der Waals surface area contributed by atoms with Crippen LogP contribution in [0.1, 0.15) is 61.5 Å². The Hall–Kier alpha value is -2.39. The topological polar surface area (TPSA) is 58.0 Å². The predicted octanol–water partition coefficient (Wildman–Crippen LogP) is 6.55. The Morgan fingerprint density at radius 1 is 0.974 bits per heavy atom. The van der Waals surface area contributed by atoms with Gasteiger partial charge in [-0.1, -0.05) is 44.5 Å². The highest BCUT2D eigenvalue weighted by Gasteiger charge is 2.30. The average Bonchev–Trinajstić information content (AvgIpc) is 3.60. The van der Waals surface area contributed by atoms with Crippen LogP contribution < -0.4 is 9.47 Å². The van der Waals surface area contributed by atoms with Crippen LogP contribution in [0.5, 0.6) is 11.5 Å². The van der Waals surface area contributed by atoms with Crippen molar-refractivity contribution >= 4 is 15.9 Å². The zero-order valence-electron chi connectivity index (χ0n) is 23.5. The molecule has 7 nitrogen and oxygen atoms in total. The van der Waals surface area contributed by atoms with Crippen LogP contribution in [0.15, 0.2) is 41.0 Å². The molecular weight excluding hydrogens is 558 g/mol. The minimum absolute atomic E-state index is 0.273. The van der Waals surface area contributed by atoms with E-state index in [0.29, 0.717) is 19.8 Å². The van der Waals surface area contributed by atoms with Crippen LogP contribution >= 0.6 is 15.9 Å². The van der Waals surface area contributed by atoms with Gasteiger partial charge in [-0.05, 0) is 77.0 Å². The second-order valence-electron chi connectivity index (χ2n) is 10.2. The van der Waals surface area contributed by atoms with Crippen LogP contribution in [0.25, 0.3) is 11.4 Å². The minimum Gasteiger partial charge on any atom is -0.493 e. The molecule has 0 aliphatic carbocycles. The summed E-state index contributed by atoms with van der Waals surface area (Å²) in [5.41, 5.74) is 6.27. The van der Waals surface area contributed by atoms with Gasteiger partial charge in [0.2, 0.25) is 0 Å². The molecule has 0 spiro atoms. The molecule has 8 heteroatoms. The van der Waals surface area contributed by atoms with E-state index in [4.69, 9.17) is 23.9 Å². The van der Waals surface area contributed by atoms with Crippen molar-refractivity contribution in [2.75, 3.05) is 34.0 Å². The predicted molar refractivity (Wildman–Crippen MR) is 156 cm³/mol. The zero-order valence-corrected chi connectivity index (χ0v) is 25.1. The number of piperidine rings is 1. The number of nitrogens with zero attached hydrogens (tertiary/aromatic N) is 3. The van der Waals surface area contributed by atoms with Gasteiger partial charge in [-0.15, -0.1) is 0 Å². The van der Waals surface area contributed by atoms with Gasteiger partial charge in [0.15, 0.2) is 17.8 Å². The van der Waals surface area contributed by atoms with Crippen LogP contribution in [0.2, 0.25) is 0 Å². The number of ether oxygens (including phenoxy) is 4. The second kappa shape index (κ2) is 12.9. The summed E-state index contributed by atoms with van der Waals surface area (Å²) >= 11 is 3.88. The Bertz CT molecular complexity index is 1250. The largest absolute Gasteiger partial charge is 0.493 e. The molecule has 0 bridgehead atoms. The molecule has 210 valence electrons. The number of aromatic nitrogens is 2. The first kappa shape index (κ1) is 28.1. The fourth-order valence-corrected chi connectivity index (χ4v) is 6.50. The molecule has 1 aromatic heterocycles. The fourth-order valence-electron chi connectivity index (χ4n) is 6.00. The van der Waals surface area contributed by atoms with Crippen molar-refractivity contribution in [3.63, 3.8) is 0 Å². The number of halogens is 1. The first-order valence-electron chi connectivity index (χ1n) is 14.1. The molecule has 2 aliphatic rings. The number of likely N-dealkylation sites (tertiary alicyclic amines) is 1. The zero-order chi connectivity index (χ0) is 27.4. The lowest BCUT2D eigenvalue weighted by Gasteiger charge is -2.36. The van der Waals surface area contributed by atoms with Crippen molar-refractivity contribution in [2.24, 2.45) is 0 Å². The molecule has 2 saturated heterocycles. The summed E-state index contributed by atoms with van der Waals surface area (Å²) in [5.74, 6) is 2.52. The third-order valence-electron chi connectivity index (χ3n) is 8.03. The standard InChI is InChI=1S/C31H40BrN3O4/c1-5-21-10-9-11-22(6-2)29(21)31-33-30(32)25(35(31)20-28-38-16-17-39-28)19-34-15-8-7-12-24(34)23-13-14-26(36-3)27(18-23)37-4/h9-11,13-14,18,24,28H,5-8,12,15-17,19-20H2,1-4H3. The van der Waals surface area contributed by atoms with Gasteiger partial charge in [-0.25, -0.2) is 4.98 Å². The number of methoxy groups -OCH3 is 2. The van der Waals surface area contributed by atoms with Crippen LogP contribution in [-0.4, -0.2) is 54.7 Å². The molecule has 1 atom stereocenters. The third kappa shape index (κ3) is 5.89. The molecule has 39 heavy (non-hydrogen) atoms. The molecule has 5 rings (SSSR count). The summed E-state index contributed by atoms with van der Waals surface area (Å²) < 4.78 is 26.2. The van der Waals surface area contributed by atoms with Gasteiger partial charge in [-0.3, -0.25) is 4.90 Å². The van der Waals surface area contributed by atoms with E-state index in [9.17, 15) is 0 Å². The number of aryl methyl sites for hydroxylation is 2. The second-order valence-corrected chi connectivity index (χ2v) is 11.0. The van der Waals surface area contributed by atoms with E-state index >= 15 is 0 Å². The number of rotatable bonds is 10. The van der Waals surface area contributed by atoms with E-state index in [2.05, 4.69) is 69.6 Å². The number of imidazole rings is 1. The van der Waals surface area contributed by atoms with Gasteiger partial charge >= 0.3 is 0 Å². The molecule has 3 heterocycles. The molecule has 0 radical (unpaired) electrons. The van der Waals surface area contributed by atoms with Crippen molar-refractivity contribution in [1.82, 2.24) is 14.5 Å². The Morgan fingerprint density at radius 2 is 1.69 bits per heavy atom. The quantitative estimate of drug-likeness (QED) is 0.264. The van der Waals surface area contributed by atoms with Crippen LogP contribution in [0.3, 0.4) is 0 Å². The maximum Gasteiger partial charge on any atom is 0.175 e. The van der Waals surface area contributed by atoms with Crippen molar-refractivity contribution < 1.29 is 18.9 Å². The van der Waals surface area contributed by atoms with Gasteiger partial charge in [0.25, 0.3) is 0 Å². The summed E-state index contributed by atoms with van der Waals surface area (Å²) in [6.07, 6.45) is 5.11. The Morgan fingerprint density at radius 3 is 2.36 bits per heavy atom. The van der Waals surface area contributed by atoms with E-state index in [0.717, 1.165) is 60.0 Å². The summed E-state index contributed by atoms with van der Waals surface area (Å²) in [5, 5.41) is 0. The van der Waals surface area contributed by atoms with Gasteiger partial charge in [0.1, 0.15) is 10.4 Å². The Balaban J connectivity index is 1.55. The summed E-state index contributed by atoms with van der Waals surface area (Å²) in [6.45, 7) is 8.09. The molecule has 3 aromatic rings. The fraction of sp³-hybridized carbons (Fsp3) is 0.516. The minimum atomic E-state index is -0.273. The first-order valence-corrected chi connectivity index (χ1v) is 14.9. The lowest BCUT2D eigenvalue weighted by molar-refractivity contribution is -0.0529. The highest BCUT2D eigenvalue weighted by atomic mass is 79.9. The normalized spacial score (nSPS) is 18.5. The number of hydrogen-bond donors (Lipinski definition) is 0. The summed E-state index contributed by atoms with van der Waals surface area (Å²) in [7, 11) is 3.38. The highest BCUT2D eigenvalue weighted by molar-refractivity contribution is 9.10. The highest BCUT2D eigenvalue weighted by Crippen LogP contribution is 2.39. The van der Waals surface area contributed by atoms with E-state index in [-0.39, 0.29) is 12.3 Å². The lowest BCUT2D eigenvalue weighted by Crippen LogP contribution is -2.34. The maximum absolute atomic E-state index is 5.93. The molecule has 2 aromatic carbocycles. The number of hydrogen-bond acceptors (Lipinski definition) is 6. The van der Waals surface area contributed by atoms with Crippen LogP contribution in [0.4, 0.5) is 0 Å². The molecule has 0 saturated carbocycles. The summed E-state index contributed by atoms with van der Waals surface area (Å²) in [4.78, 5) is 7.74. The Kier molecular flexibility index (Phi) is 9.28. The molecule has 1 unspecified atom stereocenters. The maximum atomic E-state index is 5.93. The van der Waals surface area contributed by atoms with Gasteiger partial charge < -0.3 is 23.5 Å². The van der Waals surface area contributed by atoms with E-state index in [1.54, 1.807) is 14.2 Å².